The van der Waals surface area contributed by atoms with E-state index in [1.165, 1.54) is 6.92 Å². The third-order valence-electron chi connectivity index (χ3n) is 1.00. The number of rotatable bonds is 3. The van der Waals surface area contributed by atoms with Crippen LogP contribution in [0.5, 0.6) is 0 Å². The fourth-order valence-corrected chi connectivity index (χ4v) is 0.770. The number of nitrogens with one attached hydrogen (secondary N) is 1. The summed E-state index contributed by atoms with van der Waals surface area (Å²) in [6.07, 6.45) is 0. The van der Waals surface area contributed by atoms with Gasteiger partial charge in [0, 0.05) is 6.54 Å². The van der Waals surface area contributed by atoms with Gasteiger partial charge >= 0.3 is 29.6 Å². The van der Waals surface area contributed by atoms with E-state index in [9.17, 15) is 8.42 Å². The predicted molar refractivity (Wildman–Crippen MR) is 42.1 cm³/mol. The molecule has 6 heteroatoms. The molecular formula is C4H12NNaO3S. The summed E-state index contributed by atoms with van der Waals surface area (Å²) in [6, 6.07) is 0. The molecule has 0 heterocycles. The van der Waals surface area contributed by atoms with E-state index in [2.05, 4.69) is 5.32 Å². The van der Waals surface area contributed by atoms with E-state index in [1.807, 2.05) is 0 Å². The maximum absolute atomic E-state index is 10.2. The molecule has 0 spiro atoms. The Hall–Kier alpha value is 0.870. The van der Waals surface area contributed by atoms with Gasteiger partial charge < -0.3 is 5.32 Å². The van der Waals surface area contributed by atoms with E-state index in [4.69, 9.17) is 4.55 Å². The molecule has 0 aromatic heterocycles. The van der Waals surface area contributed by atoms with Crippen molar-refractivity contribution in [1.82, 2.24) is 5.32 Å². The second kappa shape index (κ2) is 5.51. The van der Waals surface area contributed by atoms with E-state index in [0.29, 0.717) is 0 Å². The normalized spacial score (nSPS) is 13.9. The molecule has 0 aromatic rings. The van der Waals surface area contributed by atoms with Crippen LogP contribution < -0.4 is 5.32 Å². The van der Waals surface area contributed by atoms with Crippen LogP contribution in [0.2, 0.25) is 0 Å². The SMILES string of the molecule is CNCC(C)S(=O)(=O)O.[NaH]. The van der Waals surface area contributed by atoms with Gasteiger partial charge in [-0.15, -0.1) is 0 Å². The summed E-state index contributed by atoms with van der Waals surface area (Å²) in [4.78, 5) is 0. The van der Waals surface area contributed by atoms with Crippen molar-refractivity contribution in [3.05, 3.63) is 0 Å². The molecule has 0 aromatic carbocycles. The van der Waals surface area contributed by atoms with Crippen molar-refractivity contribution in [3.63, 3.8) is 0 Å². The van der Waals surface area contributed by atoms with Crippen molar-refractivity contribution in [2.75, 3.05) is 13.6 Å². The molecule has 0 saturated carbocycles. The molecule has 58 valence electrons. The Kier molecular flexibility index (Phi) is 7.42. The maximum atomic E-state index is 10.2. The van der Waals surface area contributed by atoms with Crippen LogP contribution in [0.25, 0.3) is 0 Å². The average molecular weight is 177 g/mol. The minimum absolute atomic E-state index is 0. The van der Waals surface area contributed by atoms with E-state index < -0.39 is 15.4 Å². The van der Waals surface area contributed by atoms with Gasteiger partial charge in [0.15, 0.2) is 0 Å². The average Bonchev–Trinajstić information content (AvgIpc) is 1.64. The van der Waals surface area contributed by atoms with Crippen LogP contribution in [0.1, 0.15) is 6.92 Å². The summed E-state index contributed by atoms with van der Waals surface area (Å²) in [5.41, 5.74) is 0. The molecular weight excluding hydrogens is 165 g/mol. The van der Waals surface area contributed by atoms with Gasteiger partial charge in [0.2, 0.25) is 0 Å². The van der Waals surface area contributed by atoms with Gasteiger partial charge in [-0.05, 0) is 14.0 Å². The van der Waals surface area contributed by atoms with Crippen LogP contribution in [0, 0.1) is 0 Å². The van der Waals surface area contributed by atoms with Crippen molar-refractivity contribution in [2.45, 2.75) is 12.2 Å². The molecule has 0 fully saturated rings. The zero-order valence-corrected chi connectivity index (χ0v) is 6.27. The standard InChI is InChI=1S/C4H11NO3S.Na.H/c1-4(3-5-2)9(6,7)8;;/h4-5H,3H2,1-2H3,(H,6,7,8);;. The second-order valence-electron chi connectivity index (χ2n) is 1.88. The summed E-state index contributed by atoms with van der Waals surface area (Å²) in [5.74, 6) is 0. The fraction of sp³-hybridized carbons (Fsp3) is 1.00. The van der Waals surface area contributed by atoms with Crippen molar-refractivity contribution in [1.29, 1.82) is 0 Å². The predicted octanol–water partition coefficient (Wildman–Crippen LogP) is -1.17. The van der Waals surface area contributed by atoms with Crippen LogP contribution in [-0.4, -0.2) is 61.4 Å². The monoisotopic (exact) mass is 177 g/mol. The molecule has 0 rings (SSSR count). The van der Waals surface area contributed by atoms with Gasteiger partial charge in [0.1, 0.15) is 0 Å². The Morgan fingerprint density at radius 1 is 1.60 bits per heavy atom. The molecule has 0 aliphatic carbocycles. The van der Waals surface area contributed by atoms with Crippen molar-refractivity contribution < 1.29 is 13.0 Å². The van der Waals surface area contributed by atoms with Crippen molar-refractivity contribution >= 4 is 39.7 Å². The summed E-state index contributed by atoms with van der Waals surface area (Å²) in [7, 11) is -2.20. The van der Waals surface area contributed by atoms with Crippen LogP contribution in [-0.2, 0) is 10.1 Å². The topological polar surface area (TPSA) is 66.4 Å². The summed E-state index contributed by atoms with van der Waals surface area (Å²) in [6.45, 7) is 1.71. The Morgan fingerprint density at radius 2 is 2.00 bits per heavy atom. The van der Waals surface area contributed by atoms with Gasteiger partial charge in [-0.25, -0.2) is 0 Å². The first-order valence-corrected chi connectivity index (χ1v) is 4.09. The van der Waals surface area contributed by atoms with E-state index >= 15 is 0 Å². The molecule has 0 amide bonds. The molecule has 0 aliphatic heterocycles. The summed E-state index contributed by atoms with van der Waals surface area (Å²) < 4.78 is 28.8. The molecule has 10 heavy (non-hydrogen) atoms. The first-order chi connectivity index (χ1) is 3.98. The van der Waals surface area contributed by atoms with Crippen molar-refractivity contribution in [3.8, 4) is 0 Å². The Bertz CT molecular complexity index is 167. The van der Waals surface area contributed by atoms with Gasteiger partial charge in [-0.3, -0.25) is 4.55 Å². The third-order valence-corrected chi connectivity index (χ3v) is 2.18. The zero-order valence-electron chi connectivity index (χ0n) is 5.46. The zero-order chi connectivity index (χ0) is 7.49. The number of hydrogen-bond acceptors (Lipinski definition) is 3. The molecule has 0 bridgehead atoms. The summed E-state index contributed by atoms with van der Waals surface area (Å²) in [5, 5.41) is 1.91. The van der Waals surface area contributed by atoms with Crippen molar-refractivity contribution in [2.24, 2.45) is 0 Å². The van der Waals surface area contributed by atoms with Gasteiger partial charge in [-0.1, -0.05) is 0 Å². The Labute approximate surface area is 83.4 Å². The summed E-state index contributed by atoms with van der Waals surface area (Å²) >= 11 is 0. The quantitative estimate of drug-likeness (QED) is 0.421. The van der Waals surface area contributed by atoms with E-state index in [1.54, 1.807) is 7.05 Å². The molecule has 4 nitrogen and oxygen atoms in total. The van der Waals surface area contributed by atoms with Gasteiger partial charge in [0.05, 0.1) is 5.25 Å². The Morgan fingerprint density at radius 3 is 2.10 bits per heavy atom. The molecule has 0 saturated heterocycles. The third kappa shape index (κ3) is 5.64. The molecule has 2 N–H and O–H groups in total. The first-order valence-electron chi connectivity index (χ1n) is 2.59. The Balaban J connectivity index is 0. The molecule has 0 aliphatic rings. The van der Waals surface area contributed by atoms with Crippen LogP contribution in [0.4, 0.5) is 0 Å². The molecule has 1 unspecified atom stereocenters. The second-order valence-corrected chi connectivity index (χ2v) is 3.72. The van der Waals surface area contributed by atoms with Gasteiger partial charge in [-0.2, -0.15) is 8.42 Å². The van der Waals surface area contributed by atoms with E-state index in [0.717, 1.165) is 0 Å². The van der Waals surface area contributed by atoms with Crippen LogP contribution >= 0.6 is 0 Å². The first kappa shape index (κ1) is 13.5. The molecule has 0 radical (unpaired) electrons. The molecule has 1 atom stereocenters. The van der Waals surface area contributed by atoms with Crippen LogP contribution in [0.3, 0.4) is 0 Å². The minimum atomic E-state index is -3.83. The van der Waals surface area contributed by atoms with Crippen LogP contribution in [0.15, 0.2) is 0 Å². The van der Waals surface area contributed by atoms with E-state index in [-0.39, 0.29) is 36.1 Å². The number of hydrogen-bond donors (Lipinski definition) is 2. The fourth-order valence-electron chi connectivity index (χ4n) is 0.393. The van der Waals surface area contributed by atoms with Gasteiger partial charge in [0.25, 0.3) is 10.1 Å².